The van der Waals surface area contributed by atoms with E-state index in [1.807, 2.05) is 36.5 Å². The van der Waals surface area contributed by atoms with Gasteiger partial charge in [-0.3, -0.25) is 9.59 Å². The van der Waals surface area contributed by atoms with E-state index in [0.29, 0.717) is 18.7 Å². The Balaban J connectivity index is 1.49. The topological polar surface area (TPSA) is 80.4 Å². The van der Waals surface area contributed by atoms with Gasteiger partial charge in [0.05, 0.1) is 12.0 Å². The number of carbonyl (C=O) groups excluding carboxylic acids is 2. The zero-order valence-electron chi connectivity index (χ0n) is 14.0. The first kappa shape index (κ1) is 16.1. The summed E-state index contributed by atoms with van der Waals surface area (Å²) >= 11 is 0. The lowest BCUT2D eigenvalue weighted by molar-refractivity contribution is -0.119. The normalized spacial score (nSPS) is 16.6. The smallest absolute Gasteiger partial charge is 0.290 e. The minimum atomic E-state index is -0.499. The maximum absolute atomic E-state index is 12.7. The van der Waals surface area contributed by atoms with Crippen LogP contribution in [-0.2, 0) is 4.79 Å². The Bertz CT molecular complexity index is 903. The summed E-state index contributed by atoms with van der Waals surface area (Å²) in [6, 6.07) is 12.0. The van der Waals surface area contributed by atoms with Crippen molar-refractivity contribution >= 4 is 17.5 Å². The number of carbonyl (C=O) groups is 2. The van der Waals surface area contributed by atoms with Crippen molar-refractivity contribution in [1.29, 1.82) is 0 Å². The van der Waals surface area contributed by atoms with Crippen molar-refractivity contribution in [3.8, 4) is 5.69 Å². The van der Waals surface area contributed by atoms with Gasteiger partial charge in [-0.05, 0) is 49.2 Å². The summed E-state index contributed by atoms with van der Waals surface area (Å²) in [4.78, 5) is 26.8. The van der Waals surface area contributed by atoms with Gasteiger partial charge in [-0.2, -0.15) is 5.10 Å². The molecule has 132 valence electrons. The minimum Gasteiger partial charge on any atom is -0.459 e. The molecule has 1 N–H and O–H groups in total. The second kappa shape index (κ2) is 6.87. The van der Waals surface area contributed by atoms with Crippen LogP contribution in [0, 0.1) is 0 Å². The third kappa shape index (κ3) is 3.11. The van der Waals surface area contributed by atoms with Gasteiger partial charge in [0.15, 0.2) is 5.76 Å². The van der Waals surface area contributed by atoms with E-state index in [1.165, 1.54) is 6.26 Å². The molecule has 1 atom stereocenters. The van der Waals surface area contributed by atoms with Crippen molar-refractivity contribution in [3.63, 3.8) is 0 Å². The molecule has 1 saturated heterocycles. The number of aromatic nitrogens is 2. The first-order valence-electron chi connectivity index (χ1n) is 8.48. The molecule has 26 heavy (non-hydrogen) atoms. The molecule has 1 aromatic carbocycles. The summed E-state index contributed by atoms with van der Waals surface area (Å²) in [5, 5.41) is 7.10. The first-order valence-corrected chi connectivity index (χ1v) is 8.48. The molecule has 0 aliphatic carbocycles. The maximum atomic E-state index is 12.7. The van der Waals surface area contributed by atoms with Crippen molar-refractivity contribution in [2.24, 2.45) is 0 Å². The molecule has 0 spiro atoms. The summed E-state index contributed by atoms with van der Waals surface area (Å²) in [5.41, 5.74) is 1.52. The van der Waals surface area contributed by atoms with E-state index >= 15 is 0 Å². The van der Waals surface area contributed by atoms with Gasteiger partial charge < -0.3 is 14.6 Å². The van der Waals surface area contributed by atoms with Gasteiger partial charge in [0.25, 0.3) is 5.91 Å². The van der Waals surface area contributed by atoms with E-state index < -0.39 is 6.04 Å². The maximum Gasteiger partial charge on any atom is 0.290 e. The molecule has 7 nitrogen and oxygen atoms in total. The van der Waals surface area contributed by atoms with Crippen molar-refractivity contribution in [2.75, 3.05) is 11.9 Å². The molecule has 1 aliphatic rings. The van der Waals surface area contributed by atoms with Crippen molar-refractivity contribution in [2.45, 2.75) is 18.9 Å². The molecule has 3 aromatic rings. The van der Waals surface area contributed by atoms with Gasteiger partial charge >= 0.3 is 0 Å². The summed E-state index contributed by atoms with van der Waals surface area (Å²) in [6.45, 7) is 0.547. The lowest BCUT2D eigenvalue weighted by atomic mass is 10.2. The Labute approximate surface area is 150 Å². The average molecular weight is 350 g/mol. The van der Waals surface area contributed by atoms with Gasteiger partial charge in [-0.15, -0.1) is 0 Å². The fourth-order valence-electron chi connectivity index (χ4n) is 3.20. The Morgan fingerprint density at radius 3 is 2.88 bits per heavy atom. The molecule has 0 radical (unpaired) electrons. The highest BCUT2D eigenvalue weighted by atomic mass is 16.3. The van der Waals surface area contributed by atoms with E-state index in [2.05, 4.69) is 10.4 Å². The number of nitrogens with one attached hydrogen (secondary N) is 1. The predicted molar refractivity (Wildman–Crippen MR) is 95.0 cm³/mol. The molecule has 0 bridgehead atoms. The third-order valence-corrected chi connectivity index (χ3v) is 4.43. The van der Waals surface area contributed by atoms with Crippen LogP contribution in [0.2, 0.25) is 0 Å². The fourth-order valence-corrected chi connectivity index (χ4v) is 3.20. The van der Waals surface area contributed by atoms with Gasteiger partial charge in [0.2, 0.25) is 5.91 Å². The molecule has 4 rings (SSSR count). The summed E-state index contributed by atoms with van der Waals surface area (Å²) < 4.78 is 6.90. The van der Waals surface area contributed by atoms with Crippen LogP contribution >= 0.6 is 0 Å². The fraction of sp³-hybridized carbons (Fsp3) is 0.211. The van der Waals surface area contributed by atoms with Gasteiger partial charge in [-0.1, -0.05) is 6.07 Å². The lowest BCUT2D eigenvalue weighted by Gasteiger charge is -2.23. The molecule has 0 unspecified atom stereocenters. The number of rotatable bonds is 4. The number of anilines is 1. The Kier molecular flexibility index (Phi) is 4.27. The van der Waals surface area contributed by atoms with Crippen LogP contribution in [0.25, 0.3) is 5.69 Å². The van der Waals surface area contributed by atoms with Crippen LogP contribution in [-0.4, -0.2) is 39.1 Å². The lowest BCUT2D eigenvalue weighted by Crippen LogP contribution is -2.43. The van der Waals surface area contributed by atoms with Crippen molar-refractivity contribution in [1.82, 2.24) is 14.7 Å². The van der Waals surface area contributed by atoms with E-state index in [1.54, 1.807) is 27.9 Å². The second-order valence-electron chi connectivity index (χ2n) is 6.12. The molecule has 1 fully saturated rings. The molecule has 1 aliphatic heterocycles. The van der Waals surface area contributed by atoms with Gasteiger partial charge in [0, 0.05) is 24.6 Å². The molecular formula is C19H18N4O3. The van der Waals surface area contributed by atoms with Crippen LogP contribution in [0.15, 0.2) is 65.5 Å². The summed E-state index contributed by atoms with van der Waals surface area (Å²) in [6.07, 6.45) is 6.41. The quantitative estimate of drug-likeness (QED) is 0.784. The minimum absolute atomic E-state index is 0.194. The molecule has 2 aromatic heterocycles. The predicted octanol–water partition coefficient (Wildman–Crippen LogP) is 2.71. The van der Waals surface area contributed by atoms with Crippen LogP contribution in [0.5, 0.6) is 0 Å². The van der Waals surface area contributed by atoms with Gasteiger partial charge in [0.1, 0.15) is 6.04 Å². The zero-order valence-corrected chi connectivity index (χ0v) is 14.0. The highest BCUT2D eigenvalue weighted by Gasteiger charge is 2.35. The first-order chi connectivity index (χ1) is 12.7. The number of furan rings is 1. The van der Waals surface area contributed by atoms with E-state index in [-0.39, 0.29) is 17.6 Å². The van der Waals surface area contributed by atoms with Crippen molar-refractivity contribution in [3.05, 3.63) is 66.9 Å². The molecule has 0 saturated carbocycles. The number of benzene rings is 1. The average Bonchev–Trinajstić information content (AvgIpc) is 3.44. The highest BCUT2D eigenvalue weighted by Crippen LogP contribution is 2.22. The zero-order chi connectivity index (χ0) is 17.9. The number of amides is 2. The summed E-state index contributed by atoms with van der Waals surface area (Å²) in [5.74, 6) is -0.191. The third-order valence-electron chi connectivity index (χ3n) is 4.43. The number of likely N-dealkylation sites (tertiary alicyclic amines) is 1. The monoisotopic (exact) mass is 350 g/mol. The van der Waals surface area contributed by atoms with Crippen LogP contribution in [0.1, 0.15) is 23.4 Å². The molecular weight excluding hydrogens is 332 g/mol. The van der Waals surface area contributed by atoms with E-state index in [0.717, 1.165) is 12.1 Å². The summed E-state index contributed by atoms with van der Waals surface area (Å²) in [7, 11) is 0. The number of hydrogen-bond acceptors (Lipinski definition) is 4. The van der Waals surface area contributed by atoms with E-state index in [4.69, 9.17) is 4.42 Å². The second-order valence-corrected chi connectivity index (χ2v) is 6.12. The van der Waals surface area contributed by atoms with Crippen LogP contribution in [0.4, 0.5) is 5.69 Å². The Hall–Kier alpha value is -3.35. The molecule has 7 heteroatoms. The molecule has 3 heterocycles. The van der Waals surface area contributed by atoms with Crippen molar-refractivity contribution < 1.29 is 14.0 Å². The number of hydrogen-bond donors (Lipinski definition) is 1. The molecule has 2 amide bonds. The standard InChI is InChI=1S/C19H18N4O3/c24-18(16-7-2-10-22(16)19(25)17-8-3-12-26-17)21-14-5-1-6-15(13-14)23-11-4-9-20-23/h1,3-6,8-9,11-13,16H,2,7,10H2,(H,21,24)/t16-/m0/s1. The number of nitrogens with zero attached hydrogens (tertiary/aromatic N) is 3. The van der Waals surface area contributed by atoms with E-state index in [9.17, 15) is 9.59 Å². The van der Waals surface area contributed by atoms with Crippen LogP contribution in [0.3, 0.4) is 0 Å². The SMILES string of the molecule is O=C(Nc1cccc(-n2cccn2)c1)[C@@H]1CCCN1C(=O)c1ccco1. The Morgan fingerprint density at radius 1 is 1.19 bits per heavy atom. The highest BCUT2D eigenvalue weighted by molar-refractivity contribution is 6.00. The van der Waals surface area contributed by atoms with Gasteiger partial charge in [-0.25, -0.2) is 4.68 Å². The van der Waals surface area contributed by atoms with Crippen LogP contribution < -0.4 is 5.32 Å². The Morgan fingerprint density at radius 2 is 2.12 bits per heavy atom. The largest absolute Gasteiger partial charge is 0.459 e.